The number of ether oxygens (including phenoxy) is 3. The second kappa shape index (κ2) is 8.55. The molecule has 26 heavy (non-hydrogen) atoms. The van der Waals surface area contributed by atoms with Gasteiger partial charge in [-0.25, -0.2) is 4.79 Å². The molecule has 2 rings (SSSR count). The fourth-order valence-electron chi connectivity index (χ4n) is 2.41. The lowest BCUT2D eigenvalue weighted by Crippen LogP contribution is -2.29. The lowest BCUT2D eigenvalue weighted by molar-refractivity contribution is 0.0409. The Labute approximate surface area is 152 Å². The predicted molar refractivity (Wildman–Crippen MR) is 98.7 cm³/mol. The second-order valence-corrected chi connectivity index (χ2v) is 5.93. The van der Waals surface area contributed by atoms with Gasteiger partial charge in [-0.15, -0.1) is 0 Å². The Morgan fingerprint density at radius 3 is 2.50 bits per heavy atom. The van der Waals surface area contributed by atoms with Crippen molar-refractivity contribution in [1.29, 1.82) is 0 Å². The van der Waals surface area contributed by atoms with Crippen LogP contribution in [0.2, 0.25) is 0 Å². The highest BCUT2D eigenvalue weighted by Crippen LogP contribution is 2.36. The number of carbonyl (C=O) groups is 1. The molecule has 0 heterocycles. The zero-order chi connectivity index (χ0) is 19.3. The molecular weight excluding hydrogens is 336 g/mol. The summed E-state index contributed by atoms with van der Waals surface area (Å²) in [5, 5.41) is 10.2. The number of aliphatic hydroxyl groups is 1. The van der Waals surface area contributed by atoms with E-state index in [1.165, 1.54) is 7.11 Å². The first-order valence-electron chi connectivity index (χ1n) is 8.03. The van der Waals surface area contributed by atoms with Gasteiger partial charge in [0.1, 0.15) is 17.7 Å². The number of benzene rings is 2. The molecule has 7 nitrogen and oxygen atoms in total. The molecule has 140 valence electrons. The number of carbonyl (C=O) groups excluding carboxylic acids is 1. The Hall–Kier alpha value is -2.77. The summed E-state index contributed by atoms with van der Waals surface area (Å²) < 4.78 is 15.9. The maximum absolute atomic E-state index is 11.7. The number of hydrogen-bond donors (Lipinski definition) is 2. The van der Waals surface area contributed by atoms with Gasteiger partial charge in [0, 0.05) is 12.0 Å². The van der Waals surface area contributed by atoms with Gasteiger partial charge in [0.15, 0.2) is 5.75 Å². The number of nitrogen functional groups attached to an aromatic ring is 1. The number of nitrogens with zero attached hydrogens (tertiary/aromatic N) is 1. The van der Waals surface area contributed by atoms with Crippen molar-refractivity contribution in [3.8, 4) is 17.2 Å². The van der Waals surface area contributed by atoms with Gasteiger partial charge in [0.05, 0.1) is 25.5 Å². The standard InChI is InChI=1S/C19H24N2O5/c1-21(2)17(22)11-14-15(24-3)8-9-16(18(14)20)26-13-7-5-6-12(10-13)19(23)25-4/h5-10,17,22H,11,20H2,1-4H3. The molecule has 3 N–H and O–H groups in total. The van der Waals surface area contributed by atoms with Gasteiger partial charge in [-0.3, -0.25) is 4.90 Å². The van der Waals surface area contributed by atoms with Crippen LogP contribution in [0.5, 0.6) is 17.2 Å². The van der Waals surface area contributed by atoms with E-state index in [0.717, 1.165) is 0 Å². The van der Waals surface area contributed by atoms with Crippen LogP contribution >= 0.6 is 0 Å². The van der Waals surface area contributed by atoms with E-state index < -0.39 is 12.2 Å². The number of esters is 1. The maximum Gasteiger partial charge on any atom is 0.337 e. The number of likely N-dealkylation sites (N-methyl/N-ethyl adjacent to an activating group) is 1. The van der Waals surface area contributed by atoms with Gasteiger partial charge in [-0.2, -0.15) is 0 Å². The van der Waals surface area contributed by atoms with E-state index >= 15 is 0 Å². The first-order valence-corrected chi connectivity index (χ1v) is 8.03. The highest BCUT2D eigenvalue weighted by Gasteiger charge is 2.18. The van der Waals surface area contributed by atoms with Crippen LogP contribution in [0.15, 0.2) is 36.4 Å². The van der Waals surface area contributed by atoms with Gasteiger partial charge >= 0.3 is 5.97 Å². The minimum atomic E-state index is -0.718. The van der Waals surface area contributed by atoms with E-state index in [0.29, 0.717) is 34.1 Å². The Bertz CT molecular complexity index is 777. The maximum atomic E-state index is 11.7. The quantitative estimate of drug-likeness (QED) is 0.444. The molecule has 0 saturated carbocycles. The van der Waals surface area contributed by atoms with Gasteiger partial charge < -0.3 is 25.1 Å². The van der Waals surface area contributed by atoms with Crippen molar-refractivity contribution in [3.05, 3.63) is 47.5 Å². The van der Waals surface area contributed by atoms with E-state index in [2.05, 4.69) is 0 Å². The molecule has 0 aliphatic carbocycles. The molecule has 0 saturated heterocycles. The molecule has 0 spiro atoms. The highest BCUT2D eigenvalue weighted by atomic mass is 16.5. The van der Waals surface area contributed by atoms with E-state index in [1.807, 2.05) is 0 Å². The molecular formula is C19H24N2O5. The molecule has 7 heteroatoms. The highest BCUT2D eigenvalue weighted by molar-refractivity contribution is 5.89. The third kappa shape index (κ3) is 4.44. The van der Waals surface area contributed by atoms with Crippen molar-refractivity contribution >= 4 is 11.7 Å². The van der Waals surface area contributed by atoms with Crippen LogP contribution in [-0.2, 0) is 11.2 Å². The Morgan fingerprint density at radius 1 is 1.19 bits per heavy atom. The fourth-order valence-corrected chi connectivity index (χ4v) is 2.41. The smallest absolute Gasteiger partial charge is 0.337 e. The molecule has 0 radical (unpaired) electrons. The summed E-state index contributed by atoms with van der Waals surface area (Å²) in [6.07, 6.45) is -0.439. The average Bonchev–Trinajstić information content (AvgIpc) is 2.64. The Balaban J connectivity index is 2.34. The monoisotopic (exact) mass is 360 g/mol. The number of anilines is 1. The summed E-state index contributed by atoms with van der Waals surface area (Å²) in [5.41, 5.74) is 7.65. The molecule has 1 unspecified atom stereocenters. The Kier molecular flexibility index (Phi) is 6.43. The normalized spacial score (nSPS) is 11.9. The first kappa shape index (κ1) is 19.6. The zero-order valence-electron chi connectivity index (χ0n) is 15.4. The lowest BCUT2D eigenvalue weighted by Gasteiger charge is -2.22. The van der Waals surface area contributed by atoms with Crippen molar-refractivity contribution in [2.75, 3.05) is 34.0 Å². The summed E-state index contributed by atoms with van der Waals surface area (Å²) in [6, 6.07) is 10.0. The lowest BCUT2D eigenvalue weighted by atomic mass is 10.1. The molecule has 0 fully saturated rings. The van der Waals surface area contributed by atoms with Crippen molar-refractivity contribution < 1.29 is 24.1 Å². The number of hydrogen-bond acceptors (Lipinski definition) is 7. The van der Waals surface area contributed by atoms with Gasteiger partial charge in [0.25, 0.3) is 0 Å². The molecule has 1 atom stereocenters. The van der Waals surface area contributed by atoms with Gasteiger partial charge in [-0.1, -0.05) is 6.07 Å². The fraction of sp³-hybridized carbons (Fsp3) is 0.316. The topological polar surface area (TPSA) is 94.2 Å². The number of aliphatic hydroxyl groups excluding tert-OH is 1. The molecule has 0 bridgehead atoms. The second-order valence-electron chi connectivity index (χ2n) is 5.93. The van der Waals surface area contributed by atoms with Crippen LogP contribution in [0.25, 0.3) is 0 Å². The zero-order valence-corrected chi connectivity index (χ0v) is 15.4. The molecule has 2 aromatic carbocycles. The van der Waals surface area contributed by atoms with Gasteiger partial charge in [0.2, 0.25) is 0 Å². The van der Waals surface area contributed by atoms with Crippen molar-refractivity contribution in [2.24, 2.45) is 0 Å². The van der Waals surface area contributed by atoms with Crippen molar-refractivity contribution in [3.63, 3.8) is 0 Å². The third-order valence-electron chi connectivity index (χ3n) is 3.96. The minimum absolute atomic E-state index is 0.279. The van der Waals surface area contributed by atoms with Gasteiger partial charge in [-0.05, 0) is 44.4 Å². The van der Waals surface area contributed by atoms with E-state index in [-0.39, 0.29) is 6.42 Å². The van der Waals surface area contributed by atoms with E-state index in [9.17, 15) is 9.90 Å². The van der Waals surface area contributed by atoms with Crippen LogP contribution in [-0.4, -0.2) is 50.5 Å². The third-order valence-corrected chi connectivity index (χ3v) is 3.96. The van der Waals surface area contributed by atoms with Crippen LogP contribution in [0, 0.1) is 0 Å². The first-order chi connectivity index (χ1) is 12.4. The summed E-state index contributed by atoms with van der Waals surface area (Å²) in [5.74, 6) is 0.977. The van der Waals surface area contributed by atoms with Crippen molar-refractivity contribution in [1.82, 2.24) is 4.90 Å². The van der Waals surface area contributed by atoms with E-state index in [4.69, 9.17) is 19.9 Å². The number of rotatable bonds is 7. The SMILES string of the molecule is COC(=O)c1cccc(Oc2ccc(OC)c(CC(O)N(C)C)c2N)c1. The molecule has 0 aliphatic heterocycles. The molecule has 0 aromatic heterocycles. The largest absolute Gasteiger partial charge is 0.496 e. The van der Waals surface area contributed by atoms with Crippen LogP contribution in [0.1, 0.15) is 15.9 Å². The van der Waals surface area contributed by atoms with Crippen LogP contribution in [0.3, 0.4) is 0 Å². The minimum Gasteiger partial charge on any atom is -0.496 e. The molecule has 0 aliphatic rings. The predicted octanol–water partition coefficient (Wildman–Crippen LogP) is 2.28. The average molecular weight is 360 g/mol. The summed E-state index contributed by atoms with van der Waals surface area (Å²) in [4.78, 5) is 13.3. The number of methoxy groups -OCH3 is 2. The molecule has 0 amide bonds. The van der Waals surface area contributed by atoms with Crippen molar-refractivity contribution in [2.45, 2.75) is 12.6 Å². The number of nitrogens with two attached hydrogens (primary N) is 1. The van der Waals surface area contributed by atoms with E-state index in [1.54, 1.807) is 62.5 Å². The Morgan fingerprint density at radius 2 is 1.88 bits per heavy atom. The van der Waals surface area contributed by atoms with Crippen LogP contribution < -0.4 is 15.2 Å². The van der Waals surface area contributed by atoms with Crippen LogP contribution in [0.4, 0.5) is 5.69 Å². The molecule has 2 aromatic rings. The summed E-state index contributed by atoms with van der Waals surface area (Å²) >= 11 is 0. The summed E-state index contributed by atoms with van der Waals surface area (Å²) in [7, 11) is 6.40. The summed E-state index contributed by atoms with van der Waals surface area (Å²) in [6.45, 7) is 0.